The number of nitrogens with zero attached hydrogens (tertiary/aromatic N) is 3. The van der Waals surface area contributed by atoms with Crippen LogP contribution >= 0.6 is 35.0 Å². The number of hydrogen-bond donors (Lipinski definition) is 2. The van der Waals surface area contributed by atoms with Crippen molar-refractivity contribution >= 4 is 46.5 Å². The average molecular weight is 440 g/mol. The zero-order valence-corrected chi connectivity index (χ0v) is 17.7. The van der Waals surface area contributed by atoms with Crippen molar-refractivity contribution in [3.05, 3.63) is 59.0 Å². The molecule has 4 heterocycles. The molecular weight excluding hydrogens is 425 g/mol. The van der Waals surface area contributed by atoms with E-state index in [-0.39, 0.29) is 0 Å². The van der Waals surface area contributed by atoms with E-state index in [1.54, 1.807) is 30.4 Å². The highest BCUT2D eigenvalue weighted by Gasteiger charge is 2.25. The quantitative estimate of drug-likeness (QED) is 0.307. The average Bonchev–Trinajstić information content (AvgIpc) is 3.08. The van der Waals surface area contributed by atoms with Gasteiger partial charge in [-0.3, -0.25) is 4.98 Å². The SMILES string of the molecule is CCSc1cc(Cl)c(-c2nc3c([nH]2)-c2ccncc2Nc2ncccc2-3)c(Cl)c1. The Morgan fingerprint density at radius 1 is 1.07 bits per heavy atom. The predicted molar refractivity (Wildman–Crippen MR) is 120 cm³/mol. The normalized spacial score (nSPS) is 11.8. The zero-order valence-electron chi connectivity index (χ0n) is 15.3. The lowest BCUT2D eigenvalue weighted by molar-refractivity contribution is 1.26. The summed E-state index contributed by atoms with van der Waals surface area (Å²) in [4.78, 5) is 18.1. The summed E-state index contributed by atoms with van der Waals surface area (Å²) in [5.74, 6) is 2.30. The summed E-state index contributed by atoms with van der Waals surface area (Å²) < 4.78 is 0. The molecule has 5 nitrogen and oxygen atoms in total. The first-order valence-corrected chi connectivity index (χ1v) is 10.8. The second kappa shape index (κ2) is 7.37. The highest BCUT2D eigenvalue weighted by molar-refractivity contribution is 7.99. The molecule has 2 N–H and O–H groups in total. The number of anilines is 2. The van der Waals surface area contributed by atoms with Crippen LogP contribution in [-0.4, -0.2) is 25.7 Å². The molecule has 0 bridgehead atoms. The van der Waals surface area contributed by atoms with E-state index in [2.05, 4.69) is 27.2 Å². The van der Waals surface area contributed by atoms with Crippen LogP contribution in [0.3, 0.4) is 0 Å². The fraction of sp³-hybridized carbons (Fsp3) is 0.0952. The molecule has 144 valence electrons. The maximum atomic E-state index is 6.61. The van der Waals surface area contributed by atoms with E-state index in [9.17, 15) is 0 Å². The van der Waals surface area contributed by atoms with Crippen LogP contribution in [0.5, 0.6) is 0 Å². The molecule has 5 rings (SSSR count). The number of aromatic nitrogens is 4. The second-order valence-electron chi connectivity index (χ2n) is 6.45. The lowest BCUT2D eigenvalue weighted by atomic mass is 10.1. The molecule has 0 fully saturated rings. The molecule has 0 aliphatic carbocycles. The molecule has 1 aliphatic rings. The molecule has 4 aromatic rings. The minimum atomic E-state index is 0.567. The van der Waals surface area contributed by atoms with Gasteiger partial charge in [0.2, 0.25) is 0 Å². The van der Waals surface area contributed by atoms with Crippen molar-refractivity contribution in [2.75, 3.05) is 11.1 Å². The van der Waals surface area contributed by atoms with Crippen molar-refractivity contribution < 1.29 is 0 Å². The van der Waals surface area contributed by atoms with Crippen LogP contribution in [0.1, 0.15) is 6.92 Å². The highest BCUT2D eigenvalue weighted by Crippen LogP contribution is 2.45. The molecular formula is C21H15Cl2N5S. The number of benzene rings is 1. The van der Waals surface area contributed by atoms with Crippen molar-refractivity contribution in [3.8, 4) is 33.9 Å². The van der Waals surface area contributed by atoms with Gasteiger partial charge in [0.15, 0.2) is 0 Å². The molecule has 3 aromatic heterocycles. The molecule has 0 saturated carbocycles. The van der Waals surface area contributed by atoms with E-state index in [0.29, 0.717) is 21.4 Å². The van der Waals surface area contributed by atoms with Gasteiger partial charge in [0.25, 0.3) is 0 Å². The first-order chi connectivity index (χ1) is 14.2. The molecule has 1 aromatic carbocycles. The van der Waals surface area contributed by atoms with Gasteiger partial charge in [-0.15, -0.1) is 11.8 Å². The standard InChI is InChI=1S/C21H15Cl2N5S/c1-2-29-11-8-14(22)17(15(23)9-11)21-27-18-12-5-7-24-10-16(12)26-20-13(19(18)28-21)4-3-6-25-20/h3-10H,2H2,1H3,(H,25,26)(H,27,28). The minimum absolute atomic E-state index is 0.567. The largest absolute Gasteiger partial charge is 0.338 e. The Hall–Kier alpha value is -2.54. The molecule has 0 saturated heterocycles. The number of fused-ring (bicyclic) bond motifs is 5. The van der Waals surface area contributed by atoms with E-state index in [0.717, 1.165) is 44.7 Å². The molecule has 0 amide bonds. The van der Waals surface area contributed by atoms with Gasteiger partial charge in [-0.05, 0) is 36.1 Å². The second-order valence-corrected chi connectivity index (χ2v) is 8.60. The molecule has 0 atom stereocenters. The Labute approximate surface area is 181 Å². The van der Waals surface area contributed by atoms with E-state index in [1.165, 1.54) is 0 Å². The number of rotatable bonds is 3. The summed E-state index contributed by atoms with van der Waals surface area (Å²) in [6.07, 6.45) is 5.28. The Morgan fingerprint density at radius 2 is 1.90 bits per heavy atom. The number of H-pyrrole nitrogens is 1. The summed E-state index contributed by atoms with van der Waals surface area (Å²) in [7, 11) is 0. The van der Waals surface area contributed by atoms with Gasteiger partial charge >= 0.3 is 0 Å². The van der Waals surface area contributed by atoms with Crippen LogP contribution in [0.25, 0.3) is 33.9 Å². The molecule has 0 radical (unpaired) electrons. The van der Waals surface area contributed by atoms with Gasteiger partial charge in [-0.2, -0.15) is 0 Å². The third-order valence-corrected chi connectivity index (χ3v) is 6.13. The number of aromatic amines is 1. The fourth-order valence-electron chi connectivity index (χ4n) is 3.44. The van der Waals surface area contributed by atoms with Crippen LogP contribution in [0.2, 0.25) is 10.0 Å². The summed E-state index contributed by atoms with van der Waals surface area (Å²) in [5.41, 5.74) is 5.06. The number of thioether (sulfide) groups is 1. The summed E-state index contributed by atoms with van der Waals surface area (Å²) in [6.45, 7) is 2.09. The van der Waals surface area contributed by atoms with Crippen molar-refractivity contribution in [1.82, 2.24) is 19.9 Å². The number of hydrogen-bond acceptors (Lipinski definition) is 5. The summed E-state index contributed by atoms with van der Waals surface area (Å²) in [5, 5.41) is 4.48. The Morgan fingerprint density at radius 3 is 2.69 bits per heavy atom. The van der Waals surface area contributed by atoms with Crippen LogP contribution < -0.4 is 5.32 Å². The maximum Gasteiger partial charge on any atom is 0.141 e. The van der Waals surface area contributed by atoms with Gasteiger partial charge in [0, 0.05) is 28.4 Å². The first kappa shape index (κ1) is 18.5. The van der Waals surface area contributed by atoms with Crippen LogP contribution in [0.15, 0.2) is 53.8 Å². The van der Waals surface area contributed by atoms with Crippen molar-refractivity contribution in [2.45, 2.75) is 11.8 Å². The van der Waals surface area contributed by atoms with Gasteiger partial charge in [0.1, 0.15) is 17.3 Å². The monoisotopic (exact) mass is 439 g/mol. The van der Waals surface area contributed by atoms with Crippen LogP contribution in [0.4, 0.5) is 11.5 Å². The van der Waals surface area contributed by atoms with Gasteiger partial charge in [-0.25, -0.2) is 9.97 Å². The van der Waals surface area contributed by atoms with E-state index >= 15 is 0 Å². The van der Waals surface area contributed by atoms with Crippen LogP contribution in [0, 0.1) is 0 Å². The molecule has 8 heteroatoms. The third-order valence-electron chi connectivity index (χ3n) is 4.67. The predicted octanol–water partition coefficient (Wildman–Crippen LogP) is 6.68. The number of halogens is 2. The lowest BCUT2D eigenvalue weighted by Crippen LogP contribution is -1.96. The number of pyridine rings is 2. The Kier molecular flexibility index (Phi) is 4.70. The first-order valence-electron chi connectivity index (χ1n) is 9.04. The topological polar surface area (TPSA) is 66.5 Å². The van der Waals surface area contributed by atoms with Gasteiger partial charge in [-0.1, -0.05) is 30.1 Å². The molecule has 1 aliphatic heterocycles. The number of imidazole rings is 1. The smallest absolute Gasteiger partial charge is 0.141 e. The van der Waals surface area contributed by atoms with Crippen molar-refractivity contribution in [1.29, 1.82) is 0 Å². The van der Waals surface area contributed by atoms with Crippen molar-refractivity contribution in [3.63, 3.8) is 0 Å². The van der Waals surface area contributed by atoms with E-state index in [4.69, 9.17) is 28.2 Å². The fourth-order valence-corrected chi connectivity index (χ4v) is 4.97. The van der Waals surface area contributed by atoms with E-state index in [1.807, 2.05) is 30.3 Å². The van der Waals surface area contributed by atoms with Gasteiger partial charge < -0.3 is 10.3 Å². The summed E-state index contributed by atoms with van der Waals surface area (Å²) in [6, 6.07) is 9.68. The minimum Gasteiger partial charge on any atom is -0.338 e. The number of nitrogens with one attached hydrogen (secondary N) is 2. The Balaban J connectivity index is 1.74. The molecule has 29 heavy (non-hydrogen) atoms. The maximum absolute atomic E-state index is 6.61. The lowest BCUT2D eigenvalue weighted by Gasteiger charge is -2.09. The third kappa shape index (κ3) is 3.17. The molecule has 0 spiro atoms. The molecule has 0 unspecified atom stereocenters. The Bertz CT molecular complexity index is 1150. The van der Waals surface area contributed by atoms with Crippen molar-refractivity contribution in [2.24, 2.45) is 0 Å². The van der Waals surface area contributed by atoms with E-state index < -0.39 is 0 Å². The van der Waals surface area contributed by atoms with Gasteiger partial charge in [0.05, 0.1) is 33.2 Å². The zero-order chi connectivity index (χ0) is 20.0. The van der Waals surface area contributed by atoms with Crippen LogP contribution in [-0.2, 0) is 0 Å². The highest BCUT2D eigenvalue weighted by atomic mass is 35.5. The summed E-state index contributed by atoms with van der Waals surface area (Å²) >= 11 is 14.9.